The highest BCUT2D eigenvalue weighted by atomic mass is 16.5. The summed E-state index contributed by atoms with van der Waals surface area (Å²) < 4.78 is 5.19. The van der Waals surface area contributed by atoms with Crippen LogP contribution in [0.15, 0.2) is 0 Å². The van der Waals surface area contributed by atoms with Gasteiger partial charge in [0.2, 0.25) is 0 Å². The highest BCUT2D eigenvalue weighted by molar-refractivity contribution is 5.96. The van der Waals surface area contributed by atoms with Gasteiger partial charge in [0.15, 0.2) is 6.10 Å². The van der Waals surface area contributed by atoms with Crippen LogP contribution in [-0.2, 0) is 14.3 Å². The molecule has 0 aromatic heterocycles. The summed E-state index contributed by atoms with van der Waals surface area (Å²) in [6.07, 6.45) is 6.74. The molecule has 4 saturated carbocycles. The van der Waals surface area contributed by atoms with Gasteiger partial charge in [0.1, 0.15) is 0 Å². The molecular weight excluding hydrogens is 284 g/mol. The first kappa shape index (κ1) is 15.3. The Morgan fingerprint density at radius 2 is 1.64 bits per heavy atom. The van der Waals surface area contributed by atoms with Crippen molar-refractivity contribution in [1.29, 1.82) is 0 Å². The van der Waals surface area contributed by atoms with Gasteiger partial charge >= 0.3 is 12.0 Å². The monoisotopic (exact) mass is 308 g/mol. The van der Waals surface area contributed by atoms with Crippen LogP contribution in [0.1, 0.15) is 51.9 Å². The number of rotatable bonds is 4. The van der Waals surface area contributed by atoms with Crippen molar-refractivity contribution in [3.63, 3.8) is 0 Å². The van der Waals surface area contributed by atoms with Gasteiger partial charge in [-0.1, -0.05) is 0 Å². The Hall–Kier alpha value is -1.59. The maximum atomic E-state index is 12.2. The molecule has 1 atom stereocenters. The predicted octanol–water partition coefficient (Wildman–Crippen LogP) is 1.72. The molecule has 0 aromatic carbocycles. The van der Waals surface area contributed by atoms with Gasteiger partial charge in [0, 0.05) is 0 Å². The molecule has 0 aliphatic heterocycles. The average molecular weight is 308 g/mol. The maximum absolute atomic E-state index is 12.2. The third-order valence-electron chi connectivity index (χ3n) is 5.61. The quantitative estimate of drug-likeness (QED) is 0.772. The number of urea groups is 1. The van der Waals surface area contributed by atoms with E-state index in [-0.39, 0.29) is 11.4 Å². The van der Waals surface area contributed by atoms with E-state index < -0.39 is 18.0 Å². The number of amides is 3. The Kier molecular flexibility index (Phi) is 3.87. The lowest BCUT2D eigenvalue weighted by Crippen LogP contribution is -2.47. The van der Waals surface area contributed by atoms with E-state index in [1.165, 1.54) is 26.2 Å². The lowest BCUT2D eigenvalue weighted by atomic mass is 9.49. The van der Waals surface area contributed by atoms with E-state index in [0.717, 1.165) is 37.0 Å². The smallest absolute Gasteiger partial charge is 0.318 e. The molecule has 4 rings (SSSR count). The molecule has 3 N–H and O–H groups in total. The van der Waals surface area contributed by atoms with Crippen LogP contribution in [0, 0.1) is 23.2 Å². The van der Waals surface area contributed by atoms with Crippen LogP contribution in [-0.4, -0.2) is 24.0 Å². The zero-order chi connectivity index (χ0) is 15.9. The van der Waals surface area contributed by atoms with Crippen molar-refractivity contribution in [3.8, 4) is 0 Å². The minimum atomic E-state index is -0.992. The number of ether oxygens (including phenoxy) is 1. The van der Waals surface area contributed by atoms with Crippen molar-refractivity contribution < 1.29 is 19.1 Å². The van der Waals surface area contributed by atoms with Crippen molar-refractivity contribution in [3.05, 3.63) is 0 Å². The SMILES string of the molecule is CC(OC(=O)CC12CC3CC(CC(C3)C1)C2)C(=O)NC(N)=O. The Labute approximate surface area is 130 Å². The molecule has 0 saturated heterocycles. The summed E-state index contributed by atoms with van der Waals surface area (Å²) in [5, 5.41) is 1.93. The van der Waals surface area contributed by atoms with Crippen LogP contribution in [0.3, 0.4) is 0 Å². The van der Waals surface area contributed by atoms with E-state index in [1.54, 1.807) is 0 Å². The highest BCUT2D eigenvalue weighted by Gasteiger charge is 2.51. The average Bonchev–Trinajstić information content (AvgIpc) is 2.34. The minimum absolute atomic E-state index is 0.0890. The first-order valence-corrected chi connectivity index (χ1v) is 8.15. The number of primary amides is 1. The molecule has 6 nitrogen and oxygen atoms in total. The number of nitrogens with two attached hydrogens (primary N) is 1. The summed E-state index contributed by atoms with van der Waals surface area (Å²) in [5.74, 6) is 1.30. The third kappa shape index (κ3) is 3.10. The van der Waals surface area contributed by atoms with E-state index in [4.69, 9.17) is 10.5 Å². The summed E-state index contributed by atoms with van der Waals surface area (Å²) >= 11 is 0. The van der Waals surface area contributed by atoms with Gasteiger partial charge in [-0.2, -0.15) is 0 Å². The van der Waals surface area contributed by atoms with Crippen LogP contribution in [0.5, 0.6) is 0 Å². The second-order valence-corrected chi connectivity index (χ2v) is 7.58. The fourth-order valence-electron chi connectivity index (χ4n) is 5.33. The Bertz CT molecular complexity index is 467. The zero-order valence-electron chi connectivity index (χ0n) is 13.0. The second kappa shape index (κ2) is 5.56. The largest absolute Gasteiger partial charge is 0.453 e. The van der Waals surface area contributed by atoms with Gasteiger partial charge in [-0.25, -0.2) is 4.79 Å². The van der Waals surface area contributed by atoms with E-state index in [9.17, 15) is 14.4 Å². The lowest BCUT2D eigenvalue weighted by Gasteiger charge is -2.56. The number of hydrogen-bond acceptors (Lipinski definition) is 4. The standard InChI is InChI=1S/C16H24N2O4/c1-9(14(20)18-15(17)21)22-13(19)8-16-5-10-2-11(6-16)4-12(3-10)7-16/h9-12H,2-8H2,1H3,(H3,17,18,20,21). The van der Waals surface area contributed by atoms with E-state index >= 15 is 0 Å². The van der Waals surface area contributed by atoms with Gasteiger partial charge in [-0.05, 0) is 68.6 Å². The fraction of sp³-hybridized carbons (Fsp3) is 0.812. The summed E-state index contributed by atoms with van der Waals surface area (Å²) in [6.45, 7) is 1.45. The Morgan fingerprint density at radius 3 is 2.09 bits per heavy atom. The highest BCUT2D eigenvalue weighted by Crippen LogP contribution is 2.61. The fourth-order valence-corrected chi connectivity index (χ4v) is 5.33. The van der Waals surface area contributed by atoms with Crippen LogP contribution >= 0.6 is 0 Å². The molecule has 0 spiro atoms. The molecule has 0 heterocycles. The van der Waals surface area contributed by atoms with E-state index in [1.807, 2.05) is 5.32 Å². The lowest BCUT2D eigenvalue weighted by molar-refractivity contribution is -0.161. The zero-order valence-corrected chi connectivity index (χ0v) is 13.0. The molecular formula is C16H24N2O4. The van der Waals surface area contributed by atoms with Gasteiger partial charge < -0.3 is 10.5 Å². The minimum Gasteiger partial charge on any atom is -0.453 e. The van der Waals surface area contributed by atoms with Crippen molar-refractivity contribution in [1.82, 2.24) is 5.32 Å². The van der Waals surface area contributed by atoms with Gasteiger partial charge in [0.25, 0.3) is 5.91 Å². The summed E-state index contributed by atoms with van der Waals surface area (Å²) in [6, 6.07) is -0.936. The summed E-state index contributed by atoms with van der Waals surface area (Å²) in [5.41, 5.74) is 4.97. The number of esters is 1. The van der Waals surface area contributed by atoms with Crippen LogP contribution in [0.4, 0.5) is 4.79 Å². The molecule has 122 valence electrons. The number of nitrogens with one attached hydrogen (secondary N) is 1. The molecule has 4 fully saturated rings. The third-order valence-corrected chi connectivity index (χ3v) is 5.61. The number of carbonyl (C=O) groups excluding carboxylic acids is 3. The molecule has 22 heavy (non-hydrogen) atoms. The number of hydrogen-bond donors (Lipinski definition) is 2. The van der Waals surface area contributed by atoms with Crippen LogP contribution in [0.2, 0.25) is 0 Å². The molecule has 1 unspecified atom stereocenters. The normalized spacial score (nSPS) is 36.7. The first-order valence-electron chi connectivity index (χ1n) is 8.15. The van der Waals surface area contributed by atoms with Gasteiger partial charge in [-0.15, -0.1) is 0 Å². The Morgan fingerprint density at radius 1 is 1.14 bits per heavy atom. The predicted molar refractivity (Wildman–Crippen MR) is 78.5 cm³/mol. The van der Waals surface area contributed by atoms with Crippen molar-refractivity contribution in [2.75, 3.05) is 0 Å². The number of carbonyl (C=O) groups is 3. The van der Waals surface area contributed by atoms with Gasteiger partial charge in [-0.3, -0.25) is 14.9 Å². The molecule has 0 radical (unpaired) electrons. The molecule has 0 aromatic rings. The topological polar surface area (TPSA) is 98.5 Å². The van der Waals surface area contributed by atoms with Crippen molar-refractivity contribution >= 4 is 17.9 Å². The first-order chi connectivity index (χ1) is 10.3. The molecule has 6 heteroatoms. The van der Waals surface area contributed by atoms with E-state index in [2.05, 4.69) is 0 Å². The van der Waals surface area contributed by atoms with Crippen LogP contribution in [0.25, 0.3) is 0 Å². The molecule has 4 bridgehead atoms. The summed E-state index contributed by atoms with van der Waals surface area (Å²) in [7, 11) is 0. The number of imide groups is 1. The Balaban J connectivity index is 1.56. The molecule has 3 amide bonds. The molecule has 4 aliphatic carbocycles. The van der Waals surface area contributed by atoms with Gasteiger partial charge in [0.05, 0.1) is 6.42 Å². The van der Waals surface area contributed by atoms with Crippen molar-refractivity contribution in [2.45, 2.75) is 58.0 Å². The summed E-state index contributed by atoms with van der Waals surface area (Å²) in [4.78, 5) is 34.4. The maximum Gasteiger partial charge on any atom is 0.318 e. The van der Waals surface area contributed by atoms with E-state index in [0.29, 0.717) is 6.42 Å². The van der Waals surface area contributed by atoms with Crippen molar-refractivity contribution in [2.24, 2.45) is 28.9 Å². The molecule has 4 aliphatic rings. The van der Waals surface area contributed by atoms with Crippen LogP contribution < -0.4 is 11.1 Å². The second-order valence-electron chi connectivity index (χ2n) is 7.58.